The van der Waals surface area contributed by atoms with Gasteiger partial charge in [-0.2, -0.15) is 0 Å². The molecule has 2 nitrogen and oxygen atoms in total. The molecule has 0 fully saturated rings. The molecule has 2 aromatic rings. The number of fused-ring (bicyclic) bond motifs is 1. The van der Waals surface area contributed by atoms with E-state index in [-0.39, 0.29) is 5.38 Å². The predicted octanol–water partition coefficient (Wildman–Crippen LogP) is 3.44. The number of nitrogens with zero attached hydrogens (tertiary/aromatic N) is 1. The molecular formula is C10H10ClNO. The first-order valence-electron chi connectivity index (χ1n) is 4.16. The Morgan fingerprint density at radius 1 is 1.54 bits per heavy atom. The summed E-state index contributed by atoms with van der Waals surface area (Å²) in [6, 6.07) is 1.98. The Morgan fingerprint density at radius 2 is 2.31 bits per heavy atom. The van der Waals surface area contributed by atoms with Crippen LogP contribution < -0.4 is 0 Å². The second-order valence-corrected chi connectivity index (χ2v) is 3.79. The Balaban J connectivity index is 2.66. The zero-order valence-corrected chi connectivity index (χ0v) is 8.30. The molecule has 2 heterocycles. The molecule has 1 atom stereocenters. The molecule has 2 rings (SSSR count). The van der Waals surface area contributed by atoms with Crippen LogP contribution in [0.1, 0.15) is 23.6 Å². The molecule has 0 aliphatic carbocycles. The number of pyridine rings is 1. The van der Waals surface area contributed by atoms with Crippen LogP contribution in [0.2, 0.25) is 0 Å². The number of aryl methyl sites for hydroxylation is 1. The molecule has 2 aromatic heterocycles. The van der Waals surface area contributed by atoms with E-state index >= 15 is 0 Å². The Morgan fingerprint density at radius 3 is 3.00 bits per heavy atom. The van der Waals surface area contributed by atoms with E-state index in [1.54, 1.807) is 12.5 Å². The minimum absolute atomic E-state index is 0.0568. The first-order chi connectivity index (χ1) is 6.18. The van der Waals surface area contributed by atoms with Crippen LogP contribution in [0.3, 0.4) is 0 Å². The van der Waals surface area contributed by atoms with Crippen LogP contribution >= 0.6 is 11.6 Å². The Kier molecular flexibility index (Phi) is 2.00. The second kappa shape index (κ2) is 3.04. The van der Waals surface area contributed by atoms with Crippen LogP contribution in [0.4, 0.5) is 0 Å². The molecule has 0 aliphatic rings. The molecule has 0 radical (unpaired) electrons. The van der Waals surface area contributed by atoms with Gasteiger partial charge in [-0.15, -0.1) is 11.6 Å². The van der Waals surface area contributed by atoms with Gasteiger partial charge in [-0.05, 0) is 25.5 Å². The highest BCUT2D eigenvalue weighted by Gasteiger charge is 2.07. The van der Waals surface area contributed by atoms with E-state index in [1.165, 1.54) is 0 Å². The third-order valence-electron chi connectivity index (χ3n) is 2.08. The Bertz CT molecular complexity index is 433. The first-order valence-corrected chi connectivity index (χ1v) is 4.60. The van der Waals surface area contributed by atoms with Gasteiger partial charge >= 0.3 is 0 Å². The summed E-state index contributed by atoms with van der Waals surface area (Å²) >= 11 is 5.93. The number of alkyl halides is 1. The van der Waals surface area contributed by atoms with Gasteiger partial charge in [0.15, 0.2) is 5.58 Å². The van der Waals surface area contributed by atoms with Gasteiger partial charge in [0.05, 0.1) is 23.5 Å². The minimum Gasteiger partial charge on any atom is -0.462 e. The standard InChI is InChI=1S/C10H10ClNO/c1-6-5-13-10-4-12-9(7(2)11)3-8(6)10/h3-5,7H,1-2H3/t7-/m1/s1. The topological polar surface area (TPSA) is 26.0 Å². The van der Waals surface area contributed by atoms with Gasteiger partial charge in [0.2, 0.25) is 0 Å². The van der Waals surface area contributed by atoms with E-state index in [9.17, 15) is 0 Å². The quantitative estimate of drug-likeness (QED) is 0.652. The average molecular weight is 196 g/mol. The van der Waals surface area contributed by atoms with Crippen molar-refractivity contribution in [2.75, 3.05) is 0 Å². The summed E-state index contributed by atoms with van der Waals surface area (Å²) in [6.45, 7) is 3.92. The summed E-state index contributed by atoms with van der Waals surface area (Å²) in [5.41, 5.74) is 2.83. The molecule has 0 N–H and O–H groups in total. The fraction of sp³-hybridized carbons (Fsp3) is 0.300. The molecule has 0 bridgehead atoms. The Hall–Kier alpha value is -1.02. The number of hydrogen-bond donors (Lipinski definition) is 0. The van der Waals surface area contributed by atoms with Crippen LogP contribution in [0.15, 0.2) is 22.9 Å². The van der Waals surface area contributed by atoms with Crippen molar-refractivity contribution in [3.63, 3.8) is 0 Å². The number of rotatable bonds is 1. The molecule has 0 spiro atoms. The van der Waals surface area contributed by atoms with Crippen molar-refractivity contribution in [3.05, 3.63) is 29.8 Å². The Labute approximate surface area is 81.5 Å². The van der Waals surface area contributed by atoms with Crippen LogP contribution in [0, 0.1) is 6.92 Å². The molecular weight excluding hydrogens is 186 g/mol. The molecule has 0 amide bonds. The number of hydrogen-bond acceptors (Lipinski definition) is 2. The molecule has 13 heavy (non-hydrogen) atoms. The molecule has 0 saturated heterocycles. The van der Waals surface area contributed by atoms with Gasteiger partial charge in [0.25, 0.3) is 0 Å². The lowest BCUT2D eigenvalue weighted by molar-refractivity contribution is 0.611. The van der Waals surface area contributed by atoms with E-state index in [1.807, 2.05) is 19.9 Å². The van der Waals surface area contributed by atoms with Crippen molar-refractivity contribution >= 4 is 22.6 Å². The third-order valence-corrected chi connectivity index (χ3v) is 2.31. The van der Waals surface area contributed by atoms with Crippen molar-refractivity contribution in [3.8, 4) is 0 Å². The van der Waals surface area contributed by atoms with Crippen molar-refractivity contribution in [2.24, 2.45) is 0 Å². The van der Waals surface area contributed by atoms with Gasteiger partial charge in [-0.25, -0.2) is 0 Å². The molecule has 68 valence electrons. The van der Waals surface area contributed by atoms with E-state index in [2.05, 4.69) is 4.98 Å². The highest BCUT2D eigenvalue weighted by molar-refractivity contribution is 6.20. The normalized spacial score (nSPS) is 13.5. The maximum absolute atomic E-state index is 5.93. The number of halogens is 1. The summed E-state index contributed by atoms with van der Waals surface area (Å²) in [5.74, 6) is 0. The van der Waals surface area contributed by atoms with Gasteiger partial charge in [0.1, 0.15) is 0 Å². The van der Waals surface area contributed by atoms with Crippen molar-refractivity contribution in [2.45, 2.75) is 19.2 Å². The molecule has 3 heteroatoms. The molecule has 0 saturated carbocycles. The average Bonchev–Trinajstić information content (AvgIpc) is 2.47. The van der Waals surface area contributed by atoms with Gasteiger partial charge in [0, 0.05) is 5.39 Å². The monoisotopic (exact) mass is 195 g/mol. The van der Waals surface area contributed by atoms with Crippen molar-refractivity contribution in [1.82, 2.24) is 4.98 Å². The lowest BCUT2D eigenvalue weighted by Crippen LogP contribution is -1.88. The van der Waals surface area contributed by atoms with Crippen molar-refractivity contribution < 1.29 is 4.42 Å². The van der Waals surface area contributed by atoms with E-state index < -0.39 is 0 Å². The lowest BCUT2D eigenvalue weighted by Gasteiger charge is -2.00. The van der Waals surface area contributed by atoms with Crippen LogP contribution in [0.25, 0.3) is 11.0 Å². The zero-order chi connectivity index (χ0) is 9.42. The molecule has 0 aliphatic heterocycles. The molecule has 0 aromatic carbocycles. The zero-order valence-electron chi connectivity index (χ0n) is 7.54. The largest absolute Gasteiger partial charge is 0.462 e. The highest BCUT2D eigenvalue weighted by atomic mass is 35.5. The van der Waals surface area contributed by atoms with E-state index in [0.717, 1.165) is 22.2 Å². The first kappa shape index (κ1) is 8.57. The van der Waals surface area contributed by atoms with Gasteiger partial charge in [-0.3, -0.25) is 4.98 Å². The highest BCUT2D eigenvalue weighted by Crippen LogP contribution is 2.24. The van der Waals surface area contributed by atoms with Crippen molar-refractivity contribution in [1.29, 1.82) is 0 Å². The van der Waals surface area contributed by atoms with E-state index in [0.29, 0.717) is 0 Å². The predicted molar refractivity (Wildman–Crippen MR) is 53.0 cm³/mol. The van der Waals surface area contributed by atoms with Crippen LogP contribution in [-0.4, -0.2) is 4.98 Å². The fourth-order valence-electron chi connectivity index (χ4n) is 1.29. The summed E-state index contributed by atoms with van der Waals surface area (Å²) in [6.07, 6.45) is 3.45. The summed E-state index contributed by atoms with van der Waals surface area (Å²) in [4.78, 5) is 4.19. The number of aromatic nitrogens is 1. The summed E-state index contributed by atoms with van der Waals surface area (Å²) < 4.78 is 5.28. The minimum atomic E-state index is -0.0568. The van der Waals surface area contributed by atoms with Crippen LogP contribution in [-0.2, 0) is 0 Å². The third kappa shape index (κ3) is 1.42. The fourth-order valence-corrected chi connectivity index (χ4v) is 1.41. The summed E-state index contributed by atoms with van der Waals surface area (Å²) in [7, 11) is 0. The SMILES string of the molecule is Cc1coc2cnc([C@@H](C)Cl)cc12. The number of furan rings is 1. The van der Waals surface area contributed by atoms with Gasteiger partial charge < -0.3 is 4.42 Å². The maximum atomic E-state index is 5.93. The maximum Gasteiger partial charge on any atom is 0.152 e. The molecule has 0 unspecified atom stereocenters. The van der Waals surface area contributed by atoms with Crippen LogP contribution in [0.5, 0.6) is 0 Å². The summed E-state index contributed by atoms with van der Waals surface area (Å²) in [5, 5.41) is 1.04. The lowest BCUT2D eigenvalue weighted by atomic mass is 10.2. The van der Waals surface area contributed by atoms with Gasteiger partial charge in [-0.1, -0.05) is 0 Å². The second-order valence-electron chi connectivity index (χ2n) is 3.14. The smallest absolute Gasteiger partial charge is 0.152 e. The van der Waals surface area contributed by atoms with E-state index in [4.69, 9.17) is 16.0 Å².